The zero-order valence-electron chi connectivity index (χ0n) is 29.9. The van der Waals surface area contributed by atoms with Crippen molar-refractivity contribution in [2.24, 2.45) is 0 Å². The van der Waals surface area contributed by atoms with Crippen molar-refractivity contribution in [1.82, 2.24) is 0 Å². The fraction of sp³-hybridized carbons (Fsp3) is 0.950. The quantitative estimate of drug-likeness (QED) is 0.163. The Morgan fingerprint density at radius 1 is 0.404 bits per heavy atom. The molecule has 6 aliphatic carbocycles. The molecule has 6 saturated carbocycles. The van der Waals surface area contributed by atoms with Crippen LogP contribution in [0.2, 0.25) is 0 Å². The Bertz CT molecular complexity index is 813. The molecule has 0 heterocycles. The van der Waals surface area contributed by atoms with Gasteiger partial charge in [0.1, 0.15) is 0 Å². The molecule has 6 rings (SSSR count). The van der Waals surface area contributed by atoms with Gasteiger partial charge in [-0.3, -0.25) is 0 Å². The molecular formula is C40H70O4P2Pd. The maximum atomic E-state index is 12.2. The first-order valence-corrected chi connectivity index (χ1v) is 25.0. The Morgan fingerprint density at radius 3 is 0.830 bits per heavy atom. The Labute approximate surface area is 304 Å². The second kappa shape index (κ2) is 19.9. The molecule has 7 heteroatoms. The number of carbonyl (C=O) groups excluding carboxylic acids is 2. The van der Waals surface area contributed by atoms with E-state index in [-0.39, 0.29) is 32.7 Å². The molecule has 0 radical (unpaired) electrons. The maximum absolute atomic E-state index is 12.2. The van der Waals surface area contributed by atoms with E-state index in [1.807, 2.05) is 0 Å². The van der Waals surface area contributed by atoms with Crippen LogP contribution in [0.3, 0.4) is 0 Å². The Hall–Kier alpha value is 0.462. The van der Waals surface area contributed by atoms with Crippen molar-refractivity contribution >= 4 is 26.5 Å². The summed E-state index contributed by atoms with van der Waals surface area (Å²) in [5, 5.41) is 24.5. The molecule has 0 aliphatic heterocycles. The largest absolute Gasteiger partial charge is 2.00 e. The second-order valence-electron chi connectivity index (χ2n) is 17.0. The third-order valence-electron chi connectivity index (χ3n) is 14.6. The zero-order chi connectivity index (χ0) is 32.3. The van der Waals surface area contributed by atoms with Gasteiger partial charge in [0.2, 0.25) is 0 Å². The van der Waals surface area contributed by atoms with Crippen molar-refractivity contribution < 1.29 is 40.2 Å². The van der Waals surface area contributed by atoms with Crippen LogP contribution in [0.5, 0.6) is 0 Å². The Morgan fingerprint density at radius 2 is 0.617 bits per heavy atom. The minimum atomic E-state index is -3.11. The third kappa shape index (κ3) is 9.87. The van der Waals surface area contributed by atoms with Gasteiger partial charge < -0.3 is 0 Å². The van der Waals surface area contributed by atoms with Crippen LogP contribution in [0.25, 0.3) is 0 Å². The molecule has 0 amide bonds. The van der Waals surface area contributed by atoms with Crippen molar-refractivity contribution in [1.29, 1.82) is 0 Å². The fourth-order valence-corrected chi connectivity index (χ4v) is 27.1. The fourth-order valence-electron chi connectivity index (χ4n) is 12.6. The van der Waals surface area contributed by atoms with E-state index >= 15 is 0 Å². The molecule has 0 unspecified atom stereocenters. The standard InChI is InChI=1S/C22H39O4P.C18H33P.Pd/c23-21(24)16-27(17-22(25)26,18-10-4-1-5-11-18,19-12-6-2-7-13-19)20-14-8-3-9-15-20;1-4-10-16(11-5-1)19(17-12-6-2-7-13-17)18-14-8-3-9-15-18;/h18-20H,1-17H2,(H,23,24)(H,25,26);16-18H,1-15H2;/q;;+2/p-2. The summed E-state index contributed by atoms with van der Waals surface area (Å²) in [6.45, 7) is -3.11. The second-order valence-corrected chi connectivity index (χ2v) is 26.5. The summed E-state index contributed by atoms with van der Waals surface area (Å²) in [6, 6.07) is 0. The van der Waals surface area contributed by atoms with Gasteiger partial charge in [0, 0.05) is 0 Å². The average molecular weight is 783 g/mol. The number of carboxylic acid groups (broad SMARTS) is 2. The van der Waals surface area contributed by atoms with Crippen LogP contribution in [0.15, 0.2) is 0 Å². The normalized spacial score (nSPS) is 26.4. The summed E-state index contributed by atoms with van der Waals surface area (Å²) in [4.78, 5) is 24.5. The number of carboxylic acids is 2. The summed E-state index contributed by atoms with van der Waals surface area (Å²) in [5.74, 6) is -1.98. The predicted octanol–water partition coefficient (Wildman–Crippen LogP) is 9.50. The number of hydrogen-bond acceptors (Lipinski definition) is 4. The van der Waals surface area contributed by atoms with E-state index in [4.69, 9.17) is 0 Å². The van der Waals surface area contributed by atoms with Gasteiger partial charge in [0.25, 0.3) is 0 Å². The van der Waals surface area contributed by atoms with Gasteiger partial charge in [-0.25, -0.2) is 0 Å². The molecule has 0 saturated heterocycles. The third-order valence-corrected chi connectivity index (χ3v) is 27.9. The molecule has 47 heavy (non-hydrogen) atoms. The van der Waals surface area contributed by atoms with Crippen molar-refractivity contribution in [3.8, 4) is 0 Å². The minimum absolute atomic E-state index is 0. The average Bonchev–Trinajstić information content (AvgIpc) is 3.11. The molecule has 0 aromatic rings. The van der Waals surface area contributed by atoms with Gasteiger partial charge >= 0.3 is 184 Å². The molecule has 0 bridgehead atoms. The van der Waals surface area contributed by atoms with E-state index in [1.165, 1.54) is 55.5 Å². The van der Waals surface area contributed by atoms with E-state index in [0.717, 1.165) is 77.0 Å². The molecule has 4 nitrogen and oxygen atoms in total. The molecule has 0 spiro atoms. The summed E-state index contributed by atoms with van der Waals surface area (Å²) in [5.41, 5.74) is 4.50. The summed E-state index contributed by atoms with van der Waals surface area (Å²) in [6.07, 6.45) is 40.3. The Kier molecular flexibility index (Phi) is 17.0. The van der Waals surface area contributed by atoms with Gasteiger partial charge in [-0.2, -0.15) is 0 Å². The number of carbonyl (C=O) groups is 2. The van der Waals surface area contributed by atoms with Crippen LogP contribution in [0.4, 0.5) is 0 Å². The van der Waals surface area contributed by atoms with Crippen molar-refractivity contribution in [2.45, 2.75) is 227 Å². The zero-order valence-corrected chi connectivity index (χ0v) is 33.3. The van der Waals surface area contributed by atoms with Crippen LogP contribution in [-0.4, -0.2) is 58.2 Å². The molecule has 6 fully saturated rings. The van der Waals surface area contributed by atoms with Crippen LogP contribution in [0, 0.1) is 0 Å². The van der Waals surface area contributed by atoms with E-state index in [2.05, 4.69) is 0 Å². The van der Waals surface area contributed by atoms with Crippen LogP contribution >= 0.6 is 14.5 Å². The SMILES string of the molecule is C1CCC(P(C2CCCCC2)C2CCCCC2)CC1.O=C([O-])CP(CC(=O)[O-])(C1CCCCC1)(C1CCCCC1)C1CCCCC1.[Pd+2]. The smallest absolute Gasteiger partial charge is 2.00 e. The molecule has 274 valence electrons. The predicted molar refractivity (Wildman–Crippen MR) is 195 cm³/mol. The van der Waals surface area contributed by atoms with Crippen molar-refractivity contribution in [3.63, 3.8) is 0 Å². The summed E-state index contributed by atoms with van der Waals surface area (Å²) in [7, 11) is 0.385. The van der Waals surface area contributed by atoms with Crippen molar-refractivity contribution in [3.05, 3.63) is 0 Å². The van der Waals surface area contributed by atoms with Crippen LogP contribution in [0.1, 0.15) is 193 Å². The van der Waals surface area contributed by atoms with Gasteiger partial charge in [0.05, 0.1) is 0 Å². The van der Waals surface area contributed by atoms with Crippen molar-refractivity contribution in [2.75, 3.05) is 12.3 Å². The first-order chi connectivity index (χ1) is 22.4. The van der Waals surface area contributed by atoms with Crippen LogP contribution in [-0.2, 0) is 30.0 Å². The van der Waals surface area contributed by atoms with E-state index in [1.54, 1.807) is 77.0 Å². The minimum Gasteiger partial charge on any atom is 2.00 e. The van der Waals surface area contributed by atoms with Gasteiger partial charge in [-0.05, 0) is 55.5 Å². The van der Waals surface area contributed by atoms with E-state index < -0.39 is 18.5 Å². The summed E-state index contributed by atoms with van der Waals surface area (Å²) >= 11 is 0. The van der Waals surface area contributed by atoms with Gasteiger partial charge in [-0.1, -0.05) is 65.7 Å². The van der Waals surface area contributed by atoms with E-state index in [9.17, 15) is 19.8 Å². The number of rotatable bonds is 10. The monoisotopic (exact) mass is 782 g/mol. The molecular weight excluding hydrogens is 713 g/mol. The van der Waals surface area contributed by atoms with Gasteiger partial charge in [-0.15, -0.1) is 0 Å². The molecule has 0 N–H and O–H groups in total. The summed E-state index contributed by atoms with van der Waals surface area (Å²) < 4.78 is 0. The van der Waals surface area contributed by atoms with Gasteiger partial charge in [0.15, 0.2) is 0 Å². The first-order valence-electron chi connectivity index (χ1n) is 20.6. The molecule has 0 aromatic heterocycles. The first kappa shape index (κ1) is 40.2. The topological polar surface area (TPSA) is 80.3 Å². The Balaban J connectivity index is 0.000000220. The molecule has 0 atom stereocenters. The van der Waals surface area contributed by atoms with Crippen LogP contribution < -0.4 is 10.2 Å². The number of aliphatic carboxylic acids is 2. The number of hydrogen-bond donors (Lipinski definition) is 0. The maximum Gasteiger partial charge on any atom is 2.00 e. The molecule has 6 aliphatic rings. The molecule has 0 aromatic carbocycles. The van der Waals surface area contributed by atoms with E-state index in [0.29, 0.717) is 24.9 Å².